The van der Waals surface area contributed by atoms with Gasteiger partial charge in [-0.15, -0.1) is 0 Å². The zero-order chi connectivity index (χ0) is 14.2. The Morgan fingerprint density at radius 2 is 1.79 bits per heavy atom. The van der Waals surface area contributed by atoms with Gasteiger partial charge >= 0.3 is 5.97 Å². The van der Waals surface area contributed by atoms with E-state index < -0.39 is 17.5 Å². The molecule has 3 nitrogen and oxygen atoms in total. The van der Waals surface area contributed by atoms with Crippen LogP contribution in [0.25, 0.3) is 0 Å². The van der Waals surface area contributed by atoms with E-state index in [1.54, 1.807) is 38.1 Å². The molecule has 0 spiro atoms. The second kappa shape index (κ2) is 4.97. The fourth-order valence-corrected chi connectivity index (χ4v) is 2.52. The third kappa shape index (κ3) is 2.39. The van der Waals surface area contributed by atoms with E-state index in [1.165, 1.54) is 0 Å². The number of halogens is 1. The van der Waals surface area contributed by atoms with E-state index in [4.69, 9.17) is 16.3 Å². The molecule has 4 heteroatoms. The van der Waals surface area contributed by atoms with Gasteiger partial charge in [-0.3, -0.25) is 9.59 Å². The molecule has 0 aromatic heterocycles. The highest BCUT2D eigenvalue weighted by atomic mass is 35.5. The van der Waals surface area contributed by atoms with Crippen molar-refractivity contribution in [3.63, 3.8) is 0 Å². The topological polar surface area (TPSA) is 43.4 Å². The number of esters is 1. The summed E-state index contributed by atoms with van der Waals surface area (Å²) in [5, 5.41) is 0.616. The normalized spacial score (nSPS) is 26.1. The minimum absolute atomic E-state index is 0.0498. The molecule has 0 radical (unpaired) electrons. The molecule has 0 bridgehead atoms. The average molecular weight is 281 g/mol. The summed E-state index contributed by atoms with van der Waals surface area (Å²) in [4.78, 5) is 24.4. The van der Waals surface area contributed by atoms with Crippen molar-refractivity contribution in [1.82, 2.24) is 0 Å². The van der Waals surface area contributed by atoms with Gasteiger partial charge in [0.05, 0.1) is 5.92 Å². The van der Waals surface area contributed by atoms with Crippen LogP contribution in [0.3, 0.4) is 0 Å². The number of carbonyl (C=O) groups excluding carboxylic acids is 2. The first-order chi connectivity index (χ1) is 8.87. The van der Waals surface area contributed by atoms with Crippen molar-refractivity contribution in [2.75, 3.05) is 0 Å². The first-order valence-corrected chi connectivity index (χ1v) is 6.76. The van der Waals surface area contributed by atoms with Crippen LogP contribution in [0.15, 0.2) is 24.3 Å². The van der Waals surface area contributed by atoms with Gasteiger partial charge in [-0.25, -0.2) is 0 Å². The summed E-state index contributed by atoms with van der Waals surface area (Å²) in [6.45, 7) is 5.18. The van der Waals surface area contributed by atoms with E-state index in [1.807, 2.05) is 6.92 Å². The summed E-state index contributed by atoms with van der Waals surface area (Å²) >= 11 is 5.85. The first kappa shape index (κ1) is 14.1. The Hall–Kier alpha value is -1.35. The molecule has 0 amide bonds. The molecule has 0 unspecified atom stereocenters. The highest BCUT2D eigenvalue weighted by Crippen LogP contribution is 2.41. The van der Waals surface area contributed by atoms with E-state index in [-0.39, 0.29) is 11.7 Å². The van der Waals surface area contributed by atoms with Crippen molar-refractivity contribution >= 4 is 23.4 Å². The predicted molar refractivity (Wildman–Crippen MR) is 72.9 cm³/mol. The molecule has 0 aliphatic carbocycles. The van der Waals surface area contributed by atoms with Crippen LogP contribution in [0.4, 0.5) is 0 Å². The number of hydrogen-bond donors (Lipinski definition) is 0. The van der Waals surface area contributed by atoms with E-state index >= 15 is 0 Å². The van der Waals surface area contributed by atoms with Gasteiger partial charge in [-0.1, -0.05) is 30.7 Å². The van der Waals surface area contributed by atoms with E-state index in [2.05, 4.69) is 0 Å². The van der Waals surface area contributed by atoms with Crippen LogP contribution in [0, 0.1) is 11.3 Å². The second-order valence-corrected chi connectivity index (χ2v) is 5.82. The predicted octanol–water partition coefficient (Wildman–Crippen LogP) is 3.56. The molecule has 1 heterocycles. The number of benzene rings is 1. The van der Waals surface area contributed by atoms with Gasteiger partial charge in [0.2, 0.25) is 0 Å². The zero-order valence-corrected chi connectivity index (χ0v) is 12.0. The van der Waals surface area contributed by atoms with Gasteiger partial charge in [0.15, 0.2) is 5.78 Å². The summed E-state index contributed by atoms with van der Waals surface area (Å²) in [6.07, 6.45) is 0.137. The smallest absolute Gasteiger partial charge is 0.319 e. The first-order valence-electron chi connectivity index (χ1n) is 6.38. The van der Waals surface area contributed by atoms with Gasteiger partial charge < -0.3 is 4.74 Å². The zero-order valence-electron chi connectivity index (χ0n) is 11.3. The molecule has 1 fully saturated rings. The molecule has 1 aliphatic rings. The Morgan fingerprint density at radius 1 is 1.21 bits per heavy atom. The fraction of sp³-hybridized carbons (Fsp3) is 0.467. The molecule has 102 valence electrons. The lowest BCUT2D eigenvalue weighted by Crippen LogP contribution is -2.47. The molecule has 1 aromatic rings. The van der Waals surface area contributed by atoms with Crippen molar-refractivity contribution in [2.45, 2.75) is 33.3 Å². The summed E-state index contributed by atoms with van der Waals surface area (Å²) in [5.74, 6) is -0.803. The van der Waals surface area contributed by atoms with Gasteiger partial charge in [-0.05, 0) is 38.0 Å². The van der Waals surface area contributed by atoms with Crippen LogP contribution in [0.1, 0.15) is 38.9 Å². The van der Waals surface area contributed by atoms with Crippen LogP contribution in [-0.4, -0.2) is 11.8 Å². The summed E-state index contributed by atoms with van der Waals surface area (Å²) in [6, 6.07) is 7.08. The Kier molecular flexibility index (Phi) is 3.68. The molecule has 19 heavy (non-hydrogen) atoms. The number of carbonyl (C=O) groups is 2. The van der Waals surface area contributed by atoms with E-state index in [0.717, 1.165) is 5.56 Å². The number of Topliss-reactive ketones (excluding diaryl/α,β-unsaturated/α-hetero) is 1. The van der Waals surface area contributed by atoms with Gasteiger partial charge in [0, 0.05) is 5.02 Å². The summed E-state index contributed by atoms with van der Waals surface area (Å²) in [5.41, 5.74) is -0.239. The molecule has 1 aromatic carbocycles. The lowest BCUT2D eigenvalue weighted by molar-refractivity contribution is -0.179. The number of ketones is 1. The maximum Gasteiger partial charge on any atom is 0.319 e. The molecule has 1 aliphatic heterocycles. The van der Waals surface area contributed by atoms with Crippen molar-refractivity contribution in [1.29, 1.82) is 0 Å². The van der Waals surface area contributed by atoms with Crippen LogP contribution < -0.4 is 0 Å². The number of cyclic esters (lactones) is 1. The second-order valence-electron chi connectivity index (χ2n) is 5.38. The lowest BCUT2D eigenvalue weighted by Gasteiger charge is -2.37. The Bertz CT molecular complexity index is 505. The third-order valence-electron chi connectivity index (χ3n) is 3.70. The molecule has 2 rings (SSSR count). The van der Waals surface area contributed by atoms with Gasteiger partial charge in [-0.2, -0.15) is 0 Å². The standard InChI is InChI=1S/C15H17ClO3/c1-4-11-12(9-5-7-10(16)8-6-9)19-14(18)15(2,3)13(11)17/h5-8,11-12H,4H2,1-3H3/t11-,12-/m0/s1. The fourth-order valence-electron chi connectivity index (χ4n) is 2.40. The molecule has 0 saturated carbocycles. The van der Waals surface area contributed by atoms with Crippen LogP contribution in [-0.2, 0) is 14.3 Å². The van der Waals surface area contributed by atoms with Crippen molar-refractivity contribution in [3.05, 3.63) is 34.9 Å². The number of ether oxygens (including phenoxy) is 1. The van der Waals surface area contributed by atoms with Crippen molar-refractivity contribution in [3.8, 4) is 0 Å². The van der Waals surface area contributed by atoms with Gasteiger partial charge in [0.1, 0.15) is 11.5 Å². The molecule has 1 saturated heterocycles. The maximum atomic E-state index is 12.4. The van der Waals surface area contributed by atoms with Gasteiger partial charge in [0.25, 0.3) is 0 Å². The number of rotatable bonds is 2. The monoisotopic (exact) mass is 280 g/mol. The highest BCUT2D eigenvalue weighted by Gasteiger charge is 2.50. The Labute approximate surface area is 117 Å². The SMILES string of the molecule is CC[C@@H]1C(=O)C(C)(C)C(=O)O[C@H]1c1ccc(Cl)cc1. The van der Waals surface area contributed by atoms with E-state index in [9.17, 15) is 9.59 Å². The highest BCUT2D eigenvalue weighted by molar-refractivity contribution is 6.30. The average Bonchev–Trinajstić information content (AvgIpc) is 2.37. The minimum Gasteiger partial charge on any atom is -0.456 e. The summed E-state index contributed by atoms with van der Waals surface area (Å²) < 4.78 is 5.50. The maximum absolute atomic E-state index is 12.4. The molecular formula is C15H17ClO3. The molecular weight excluding hydrogens is 264 g/mol. The minimum atomic E-state index is -1.05. The Balaban J connectivity index is 2.38. The van der Waals surface area contributed by atoms with Crippen LogP contribution >= 0.6 is 11.6 Å². The number of hydrogen-bond acceptors (Lipinski definition) is 3. The Morgan fingerprint density at radius 3 is 2.32 bits per heavy atom. The third-order valence-corrected chi connectivity index (χ3v) is 3.95. The summed E-state index contributed by atoms with van der Waals surface area (Å²) in [7, 11) is 0. The lowest BCUT2D eigenvalue weighted by atomic mass is 9.74. The van der Waals surface area contributed by atoms with E-state index in [0.29, 0.717) is 11.4 Å². The van der Waals surface area contributed by atoms with Crippen LogP contribution in [0.2, 0.25) is 5.02 Å². The van der Waals surface area contributed by atoms with Crippen LogP contribution in [0.5, 0.6) is 0 Å². The molecule has 2 atom stereocenters. The quantitative estimate of drug-likeness (QED) is 0.614. The molecule has 0 N–H and O–H groups in total. The largest absolute Gasteiger partial charge is 0.456 e. The van der Waals surface area contributed by atoms with Crippen molar-refractivity contribution in [2.24, 2.45) is 11.3 Å². The van der Waals surface area contributed by atoms with Crippen molar-refractivity contribution < 1.29 is 14.3 Å².